The molecule has 1 heterocycles. The van der Waals surface area contributed by atoms with Gasteiger partial charge in [0.2, 0.25) is 5.82 Å². The van der Waals surface area contributed by atoms with Crippen molar-refractivity contribution in [1.82, 2.24) is 25.5 Å². The SMILES string of the molecule is CC(C)(C)C(=O)Oc1ccc(-c2nnn(Cc3ccc(C(=O)NCCN)cc3)n2)cc1.Cl. The smallest absolute Gasteiger partial charge is 0.316 e. The number of nitrogens with zero attached hydrogens (tertiary/aromatic N) is 4. The molecule has 0 saturated heterocycles. The highest BCUT2D eigenvalue weighted by Crippen LogP contribution is 2.22. The fraction of sp³-hybridized carbons (Fsp3) is 0.318. The quantitative estimate of drug-likeness (QED) is 0.411. The lowest BCUT2D eigenvalue weighted by Gasteiger charge is -2.16. The van der Waals surface area contributed by atoms with Gasteiger partial charge in [0.1, 0.15) is 5.75 Å². The fourth-order valence-electron chi connectivity index (χ4n) is 2.57. The first-order valence-corrected chi connectivity index (χ1v) is 9.94. The summed E-state index contributed by atoms with van der Waals surface area (Å²) in [6, 6.07) is 14.1. The van der Waals surface area contributed by atoms with Crippen molar-refractivity contribution >= 4 is 24.3 Å². The first-order valence-electron chi connectivity index (χ1n) is 9.94. The van der Waals surface area contributed by atoms with E-state index in [4.69, 9.17) is 10.5 Å². The van der Waals surface area contributed by atoms with Crippen molar-refractivity contribution in [2.75, 3.05) is 13.1 Å². The van der Waals surface area contributed by atoms with E-state index in [1.807, 2.05) is 12.1 Å². The zero-order valence-electron chi connectivity index (χ0n) is 18.2. The molecule has 3 rings (SSSR count). The number of carbonyl (C=O) groups is 2. The zero-order valence-corrected chi connectivity index (χ0v) is 19.1. The van der Waals surface area contributed by atoms with Crippen molar-refractivity contribution in [2.24, 2.45) is 11.1 Å². The van der Waals surface area contributed by atoms with Crippen LogP contribution in [-0.4, -0.2) is 45.2 Å². The second-order valence-corrected chi connectivity index (χ2v) is 8.05. The lowest BCUT2D eigenvalue weighted by Crippen LogP contribution is -2.28. The first-order chi connectivity index (χ1) is 14.8. The number of benzene rings is 2. The van der Waals surface area contributed by atoms with Crippen LogP contribution >= 0.6 is 12.4 Å². The van der Waals surface area contributed by atoms with Gasteiger partial charge in [-0.1, -0.05) is 12.1 Å². The molecule has 0 saturated carbocycles. The average Bonchev–Trinajstić information content (AvgIpc) is 3.21. The Morgan fingerprint density at radius 1 is 1.06 bits per heavy atom. The number of aromatic nitrogens is 4. The minimum Gasteiger partial charge on any atom is -0.426 e. The van der Waals surface area contributed by atoms with Crippen molar-refractivity contribution < 1.29 is 14.3 Å². The largest absolute Gasteiger partial charge is 0.426 e. The molecular formula is C22H27ClN6O3. The molecular weight excluding hydrogens is 432 g/mol. The van der Waals surface area contributed by atoms with E-state index >= 15 is 0 Å². The Balaban J connectivity index is 0.00000363. The monoisotopic (exact) mass is 458 g/mol. The molecule has 3 aromatic rings. The van der Waals surface area contributed by atoms with Crippen molar-refractivity contribution in [3.63, 3.8) is 0 Å². The van der Waals surface area contributed by atoms with E-state index in [1.54, 1.807) is 57.2 Å². The van der Waals surface area contributed by atoms with Gasteiger partial charge in [0.05, 0.1) is 12.0 Å². The lowest BCUT2D eigenvalue weighted by atomic mass is 9.97. The molecule has 0 aliphatic rings. The number of nitrogens with two attached hydrogens (primary N) is 1. The minimum atomic E-state index is -0.574. The summed E-state index contributed by atoms with van der Waals surface area (Å²) in [4.78, 5) is 25.4. The van der Waals surface area contributed by atoms with Gasteiger partial charge >= 0.3 is 5.97 Å². The van der Waals surface area contributed by atoms with Gasteiger partial charge in [-0.2, -0.15) is 4.80 Å². The standard InChI is InChI=1S/C22H26N6O3.ClH/c1-22(2,3)21(30)31-18-10-8-16(9-11-18)19-25-27-28(26-19)14-15-4-6-17(7-5-15)20(29)24-13-12-23;/h4-11H,12-14,23H2,1-3H3,(H,24,29);1H. The van der Waals surface area contributed by atoms with Crippen LogP contribution in [0.5, 0.6) is 5.75 Å². The summed E-state index contributed by atoms with van der Waals surface area (Å²) in [5.41, 5.74) is 7.08. The topological polar surface area (TPSA) is 125 Å². The third kappa shape index (κ3) is 6.60. The second kappa shape index (κ2) is 10.8. The molecule has 32 heavy (non-hydrogen) atoms. The van der Waals surface area contributed by atoms with Crippen molar-refractivity contribution in [3.8, 4) is 17.1 Å². The van der Waals surface area contributed by atoms with E-state index in [-0.39, 0.29) is 24.3 Å². The summed E-state index contributed by atoms with van der Waals surface area (Å²) in [5.74, 6) is 0.472. The number of hydrogen-bond acceptors (Lipinski definition) is 7. The number of halogens is 1. The van der Waals surface area contributed by atoms with Gasteiger partial charge in [0.15, 0.2) is 0 Å². The number of amides is 1. The maximum atomic E-state index is 12.0. The van der Waals surface area contributed by atoms with E-state index in [9.17, 15) is 9.59 Å². The van der Waals surface area contributed by atoms with Crippen LogP contribution in [0.15, 0.2) is 48.5 Å². The number of ether oxygens (including phenoxy) is 1. The number of carbonyl (C=O) groups excluding carboxylic acids is 2. The predicted octanol–water partition coefficient (Wildman–Crippen LogP) is 2.45. The number of esters is 1. The van der Waals surface area contributed by atoms with Crippen LogP contribution in [0.25, 0.3) is 11.4 Å². The summed E-state index contributed by atoms with van der Waals surface area (Å²) in [6.45, 7) is 6.66. The highest BCUT2D eigenvalue weighted by atomic mass is 35.5. The first kappa shape index (κ1) is 25.0. The highest BCUT2D eigenvalue weighted by Gasteiger charge is 2.23. The Morgan fingerprint density at radius 3 is 2.31 bits per heavy atom. The highest BCUT2D eigenvalue weighted by molar-refractivity contribution is 5.94. The summed E-state index contributed by atoms with van der Waals surface area (Å²) in [5, 5.41) is 15.3. The average molecular weight is 459 g/mol. The molecule has 0 fully saturated rings. The number of rotatable bonds is 7. The predicted molar refractivity (Wildman–Crippen MR) is 123 cm³/mol. The van der Waals surface area contributed by atoms with E-state index in [0.29, 0.717) is 36.8 Å². The molecule has 0 radical (unpaired) electrons. The molecule has 170 valence electrons. The Morgan fingerprint density at radius 2 is 1.72 bits per heavy atom. The van der Waals surface area contributed by atoms with E-state index in [1.165, 1.54) is 4.80 Å². The maximum Gasteiger partial charge on any atom is 0.316 e. The summed E-state index contributed by atoms with van der Waals surface area (Å²) >= 11 is 0. The van der Waals surface area contributed by atoms with Crippen LogP contribution in [0.4, 0.5) is 0 Å². The van der Waals surface area contributed by atoms with Gasteiger partial charge in [-0.3, -0.25) is 9.59 Å². The summed E-state index contributed by atoms with van der Waals surface area (Å²) in [6.07, 6.45) is 0. The molecule has 0 aliphatic heterocycles. The number of tetrazole rings is 1. The molecule has 0 bridgehead atoms. The molecule has 0 aliphatic carbocycles. The van der Waals surface area contributed by atoms with Crippen LogP contribution in [0.1, 0.15) is 36.7 Å². The fourth-order valence-corrected chi connectivity index (χ4v) is 2.57. The summed E-state index contributed by atoms with van der Waals surface area (Å²) in [7, 11) is 0. The normalized spacial score (nSPS) is 10.9. The maximum absolute atomic E-state index is 12.0. The van der Waals surface area contributed by atoms with Crippen LogP contribution < -0.4 is 15.8 Å². The van der Waals surface area contributed by atoms with Crippen LogP contribution in [-0.2, 0) is 11.3 Å². The van der Waals surface area contributed by atoms with Gasteiger partial charge in [-0.15, -0.1) is 22.6 Å². The molecule has 1 aromatic heterocycles. The van der Waals surface area contributed by atoms with Crippen LogP contribution in [0.3, 0.4) is 0 Å². The van der Waals surface area contributed by atoms with Crippen LogP contribution in [0.2, 0.25) is 0 Å². The third-order valence-electron chi connectivity index (χ3n) is 4.36. The molecule has 9 nitrogen and oxygen atoms in total. The van der Waals surface area contributed by atoms with Gasteiger partial charge in [0.25, 0.3) is 5.91 Å². The zero-order chi connectivity index (χ0) is 22.4. The lowest BCUT2D eigenvalue weighted by molar-refractivity contribution is -0.143. The molecule has 1 amide bonds. The molecule has 3 N–H and O–H groups in total. The second-order valence-electron chi connectivity index (χ2n) is 8.05. The number of nitrogens with one attached hydrogen (secondary N) is 1. The Bertz CT molecular complexity index is 1040. The Hall–Kier alpha value is -3.30. The van der Waals surface area contributed by atoms with E-state index in [0.717, 1.165) is 11.1 Å². The molecule has 0 unspecified atom stereocenters. The van der Waals surface area contributed by atoms with E-state index < -0.39 is 5.41 Å². The van der Waals surface area contributed by atoms with Crippen molar-refractivity contribution in [3.05, 3.63) is 59.7 Å². The van der Waals surface area contributed by atoms with Gasteiger partial charge in [-0.05, 0) is 67.9 Å². The Kier molecular flexibility index (Phi) is 8.45. The third-order valence-corrected chi connectivity index (χ3v) is 4.36. The van der Waals surface area contributed by atoms with Gasteiger partial charge in [0, 0.05) is 24.2 Å². The molecule has 10 heteroatoms. The molecule has 0 atom stereocenters. The van der Waals surface area contributed by atoms with Gasteiger partial charge < -0.3 is 15.8 Å². The van der Waals surface area contributed by atoms with Gasteiger partial charge in [-0.25, -0.2) is 0 Å². The Labute approximate surface area is 192 Å². The molecule has 2 aromatic carbocycles. The van der Waals surface area contributed by atoms with Crippen molar-refractivity contribution in [2.45, 2.75) is 27.3 Å². The molecule has 0 spiro atoms. The van der Waals surface area contributed by atoms with E-state index in [2.05, 4.69) is 20.7 Å². The van der Waals surface area contributed by atoms with Crippen molar-refractivity contribution in [1.29, 1.82) is 0 Å². The summed E-state index contributed by atoms with van der Waals surface area (Å²) < 4.78 is 5.37. The van der Waals surface area contributed by atoms with Crippen LogP contribution in [0, 0.1) is 5.41 Å². The minimum absolute atomic E-state index is 0. The number of hydrogen-bond donors (Lipinski definition) is 2.